The summed E-state index contributed by atoms with van der Waals surface area (Å²) in [5.41, 5.74) is 5.64. The van der Waals surface area contributed by atoms with Gasteiger partial charge < -0.3 is 10.6 Å². The number of nitrogens with zero attached hydrogens (tertiary/aromatic N) is 2. The number of hydrogen-bond donors (Lipinski definition) is 1. The molecule has 0 aromatic carbocycles. The van der Waals surface area contributed by atoms with E-state index in [0.29, 0.717) is 18.4 Å². The van der Waals surface area contributed by atoms with Crippen LogP contribution in [0.15, 0.2) is 0 Å². The van der Waals surface area contributed by atoms with Gasteiger partial charge in [-0.1, -0.05) is 0 Å². The average Bonchev–Trinajstić information content (AvgIpc) is 2.16. The molecule has 0 atom stereocenters. The second kappa shape index (κ2) is 4.94. The number of piperidine rings is 1. The zero-order valence-corrected chi connectivity index (χ0v) is 9.32. The highest BCUT2D eigenvalue weighted by Crippen LogP contribution is 2.16. The normalized spacial score (nSPS) is 23.9. The first-order valence-corrected chi connectivity index (χ1v) is 6.00. The van der Waals surface area contributed by atoms with Crippen LogP contribution < -0.4 is 5.73 Å². The van der Waals surface area contributed by atoms with Gasteiger partial charge in [0.25, 0.3) is 0 Å². The van der Waals surface area contributed by atoms with Gasteiger partial charge in [-0.15, -0.1) is 0 Å². The largest absolute Gasteiger partial charge is 0.341 e. The van der Waals surface area contributed by atoms with Crippen LogP contribution in [0.5, 0.6) is 0 Å². The summed E-state index contributed by atoms with van der Waals surface area (Å²) in [5.74, 6) is 0.993. The van der Waals surface area contributed by atoms with Crippen molar-refractivity contribution in [3.8, 4) is 0 Å². The minimum atomic E-state index is 0.312. The molecule has 0 aliphatic carbocycles. The minimum Gasteiger partial charge on any atom is -0.341 e. The predicted octanol–water partition coefficient (Wildman–Crippen LogP) is -0.111. The van der Waals surface area contributed by atoms with Gasteiger partial charge in [-0.2, -0.15) is 0 Å². The quantitative estimate of drug-likeness (QED) is 0.708. The lowest BCUT2D eigenvalue weighted by Gasteiger charge is -2.35. The maximum absolute atomic E-state index is 11.7. The number of rotatable bonds is 3. The molecule has 1 amide bonds. The van der Waals surface area contributed by atoms with Crippen molar-refractivity contribution >= 4 is 5.91 Å². The number of carbonyl (C=O) groups is 1. The predicted molar refractivity (Wildman–Crippen MR) is 59.4 cm³/mol. The summed E-state index contributed by atoms with van der Waals surface area (Å²) in [4.78, 5) is 15.9. The summed E-state index contributed by atoms with van der Waals surface area (Å²) in [7, 11) is 0. The van der Waals surface area contributed by atoms with Gasteiger partial charge in [-0.25, -0.2) is 0 Å². The van der Waals surface area contributed by atoms with Crippen molar-refractivity contribution in [2.45, 2.75) is 19.3 Å². The van der Waals surface area contributed by atoms with Crippen LogP contribution in [0, 0.1) is 5.92 Å². The lowest BCUT2D eigenvalue weighted by atomic mass is 9.97. The Bertz CT molecular complexity index is 220. The fourth-order valence-electron chi connectivity index (χ4n) is 2.24. The molecule has 0 spiro atoms. The van der Waals surface area contributed by atoms with Crippen molar-refractivity contribution < 1.29 is 4.79 Å². The molecule has 0 unspecified atom stereocenters. The summed E-state index contributed by atoms with van der Waals surface area (Å²) in [6.45, 7) is 5.45. The maximum Gasteiger partial charge on any atom is 0.236 e. The van der Waals surface area contributed by atoms with E-state index in [0.717, 1.165) is 45.6 Å². The molecule has 0 saturated carbocycles. The van der Waals surface area contributed by atoms with E-state index in [9.17, 15) is 4.79 Å². The highest BCUT2D eigenvalue weighted by atomic mass is 16.2. The molecule has 2 fully saturated rings. The second-order valence-electron chi connectivity index (χ2n) is 4.69. The third-order valence-electron chi connectivity index (χ3n) is 3.61. The summed E-state index contributed by atoms with van der Waals surface area (Å²) in [6, 6.07) is 0. The molecule has 0 aromatic rings. The van der Waals surface area contributed by atoms with Crippen LogP contribution in [0.3, 0.4) is 0 Å². The molecule has 0 bridgehead atoms. The van der Waals surface area contributed by atoms with Gasteiger partial charge in [0.05, 0.1) is 6.54 Å². The van der Waals surface area contributed by atoms with Gasteiger partial charge in [0, 0.05) is 13.1 Å². The fourth-order valence-corrected chi connectivity index (χ4v) is 2.24. The van der Waals surface area contributed by atoms with E-state index in [1.807, 2.05) is 4.90 Å². The van der Waals surface area contributed by atoms with Crippen LogP contribution in [0.4, 0.5) is 0 Å². The molecular formula is C11H21N3O. The minimum absolute atomic E-state index is 0.312. The molecule has 2 heterocycles. The Morgan fingerprint density at radius 3 is 2.33 bits per heavy atom. The number of hydrogen-bond acceptors (Lipinski definition) is 3. The summed E-state index contributed by atoms with van der Waals surface area (Å²) in [5, 5.41) is 0. The fraction of sp³-hybridized carbons (Fsp3) is 0.909. The standard InChI is InChI=1S/C11H21N3O/c12-8-10-2-6-13(7-3-10)9-11(15)14-4-1-5-14/h10H,1-9,12H2. The van der Waals surface area contributed by atoms with Crippen molar-refractivity contribution in [3.05, 3.63) is 0 Å². The van der Waals surface area contributed by atoms with E-state index >= 15 is 0 Å². The van der Waals surface area contributed by atoms with E-state index in [-0.39, 0.29) is 0 Å². The summed E-state index contributed by atoms with van der Waals surface area (Å²) >= 11 is 0. The van der Waals surface area contributed by atoms with Gasteiger partial charge in [-0.05, 0) is 44.8 Å². The Morgan fingerprint density at radius 2 is 1.87 bits per heavy atom. The number of nitrogens with two attached hydrogens (primary N) is 1. The molecule has 2 rings (SSSR count). The van der Waals surface area contributed by atoms with Crippen LogP contribution in [-0.4, -0.2) is 55.0 Å². The Labute approximate surface area is 91.4 Å². The first-order valence-electron chi connectivity index (χ1n) is 6.00. The monoisotopic (exact) mass is 211 g/mol. The molecule has 15 heavy (non-hydrogen) atoms. The molecule has 2 N–H and O–H groups in total. The zero-order valence-electron chi connectivity index (χ0n) is 9.32. The molecule has 2 aliphatic rings. The Kier molecular flexibility index (Phi) is 3.59. The Balaban J connectivity index is 1.69. The molecule has 4 heteroatoms. The lowest BCUT2D eigenvalue weighted by Crippen LogP contribution is -2.48. The van der Waals surface area contributed by atoms with Gasteiger partial charge in [0.15, 0.2) is 0 Å². The maximum atomic E-state index is 11.7. The van der Waals surface area contributed by atoms with Crippen LogP contribution in [0.2, 0.25) is 0 Å². The molecule has 0 radical (unpaired) electrons. The highest BCUT2D eigenvalue weighted by Gasteiger charge is 2.24. The average molecular weight is 211 g/mol. The van der Waals surface area contributed by atoms with Crippen LogP contribution in [-0.2, 0) is 4.79 Å². The molecule has 86 valence electrons. The topological polar surface area (TPSA) is 49.6 Å². The van der Waals surface area contributed by atoms with Crippen molar-refractivity contribution in [3.63, 3.8) is 0 Å². The lowest BCUT2D eigenvalue weighted by molar-refractivity contribution is -0.136. The zero-order chi connectivity index (χ0) is 10.7. The third kappa shape index (κ3) is 2.69. The molecular weight excluding hydrogens is 190 g/mol. The molecule has 0 aromatic heterocycles. The first kappa shape index (κ1) is 10.9. The second-order valence-corrected chi connectivity index (χ2v) is 4.69. The van der Waals surface area contributed by atoms with Crippen LogP contribution in [0.25, 0.3) is 0 Å². The van der Waals surface area contributed by atoms with Crippen molar-refractivity contribution in [1.82, 2.24) is 9.80 Å². The van der Waals surface area contributed by atoms with Gasteiger partial charge in [0.1, 0.15) is 0 Å². The van der Waals surface area contributed by atoms with E-state index < -0.39 is 0 Å². The number of likely N-dealkylation sites (tertiary alicyclic amines) is 2. The highest BCUT2D eigenvalue weighted by molar-refractivity contribution is 5.78. The van der Waals surface area contributed by atoms with E-state index in [1.54, 1.807) is 0 Å². The Hall–Kier alpha value is -0.610. The van der Waals surface area contributed by atoms with E-state index in [1.165, 1.54) is 6.42 Å². The van der Waals surface area contributed by atoms with E-state index in [4.69, 9.17) is 5.73 Å². The van der Waals surface area contributed by atoms with Crippen LogP contribution in [0.1, 0.15) is 19.3 Å². The van der Waals surface area contributed by atoms with E-state index in [2.05, 4.69) is 4.90 Å². The van der Waals surface area contributed by atoms with Gasteiger partial charge in [-0.3, -0.25) is 9.69 Å². The van der Waals surface area contributed by atoms with Crippen molar-refractivity contribution in [2.24, 2.45) is 11.7 Å². The number of amides is 1. The first-order chi connectivity index (χ1) is 7.29. The summed E-state index contributed by atoms with van der Waals surface area (Å²) < 4.78 is 0. The van der Waals surface area contributed by atoms with Crippen LogP contribution >= 0.6 is 0 Å². The summed E-state index contributed by atoms with van der Waals surface area (Å²) in [6.07, 6.45) is 3.49. The molecule has 4 nitrogen and oxygen atoms in total. The number of carbonyl (C=O) groups excluding carboxylic acids is 1. The smallest absolute Gasteiger partial charge is 0.236 e. The Morgan fingerprint density at radius 1 is 1.20 bits per heavy atom. The third-order valence-corrected chi connectivity index (χ3v) is 3.61. The SMILES string of the molecule is NCC1CCN(CC(=O)N2CCC2)CC1. The molecule has 2 saturated heterocycles. The van der Waals surface area contributed by atoms with Crippen molar-refractivity contribution in [2.75, 3.05) is 39.3 Å². The van der Waals surface area contributed by atoms with Gasteiger partial charge in [0.2, 0.25) is 5.91 Å². The van der Waals surface area contributed by atoms with Crippen molar-refractivity contribution in [1.29, 1.82) is 0 Å². The van der Waals surface area contributed by atoms with Gasteiger partial charge >= 0.3 is 0 Å². The molecule has 2 aliphatic heterocycles.